The second-order valence-corrected chi connectivity index (χ2v) is 8.41. The Morgan fingerprint density at radius 1 is 0.439 bits per heavy atom. The molecule has 0 aliphatic heterocycles. The molecule has 0 aliphatic carbocycles. The van der Waals surface area contributed by atoms with Crippen LogP contribution < -0.4 is 0 Å². The van der Waals surface area contributed by atoms with Crippen LogP contribution in [0.3, 0.4) is 0 Å². The van der Waals surface area contributed by atoms with E-state index in [1.54, 1.807) is 30.3 Å². The van der Waals surface area contributed by atoms with Crippen LogP contribution in [0.4, 0.5) is 0 Å². The van der Waals surface area contributed by atoms with Gasteiger partial charge in [0, 0.05) is 11.4 Å². The number of benzene rings is 1. The predicted octanol–water partition coefficient (Wildman–Crippen LogP) is 1.80. The van der Waals surface area contributed by atoms with Gasteiger partial charge in [-0.3, -0.25) is 4.79 Å². The van der Waals surface area contributed by atoms with Crippen molar-refractivity contribution in [1.82, 2.24) is 0 Å². The van der Waals surface area contributed by atoms with Crippen LogP contribution in [0.25, 0.3) is 0 Å². The summed E-state index contributed by atoms with van der Waals surface area (Å²) < 4.78 is 53.3. The summed E-state index contributed by atoms with van der Waals surface area (Å²) in [6, 6.07) is 8.26. The third kappa shape index (κ3) is 24.6. The minimum Gasteiger partial charge on any atom is -0.457 e. The molecule has 0 unspecified atom stereocenters. The van der Waals surface area contributed by atoms with Crippen molar-refractivity contribution in [2.24, 2.45) is 0 Å². The van der Waals surface area contributed by atoms with Crippen LogP contribution in [0.5, 0.6) is 0 Å². The average molecular weight is 609 g/mol. The zero-order valence-electron chi connectivity index (χ0n) is 23.8. The Morgan fingerprint density at radius 2 is 0.732 bits per heavy atom. The van der Waals surface area contributed by atoms with Gasteiger partial charge in [-0.15, -0.1) is 11.6 Å². The highest BCUT2D eigenvalue weighted by Gasteiger charge is 2.17. The Labute approximate surface area is 247 Å². The molecule has 0 fully saturated rings. The number of alkyl halides is 1. The summed E-state index contributed by atoms with van der Waals surface area (Å²) in [5.41, 5.74) is 0.296. The van der Waals surface area contributed by atoms with Gasteiger partial charge in [0.25, 0.3) is 5.78 Å². The number of hydrogen-bond donors (Lipinski definition) is 0. The maximum atomic E-state index is 11.9. The molecule has 12 nitrogen and oxygen atoms in total. The summed E-state index contributed by atoms with van der Waals surface area (Å²) in [4.78, 5) is 23.6. The minimum absolute atomic E-state index is 0.000422. The maximum Gasteiger partial charge on any atom is 0.379 e. The number of carbonyl (C=O) groups is 2. The molecular weight excluding hydrogens is 564 g/mol. The third-order valence-electron chi connectivity index (χ3n) is 4.88. The van der Waals surface area contributed by atoms with E-state index < -0.39 is 11.8 Å². The molecule has 0 aliphatic rings. The summed E-state index contributed by atoms with van der Waals surface area (Å²) in [6.45, 7) is 8.30. The molecule has 0 saturated heterocycles. The lowest BCUT2D eigenvalue weighted by atomic mass is 10.1. The lowest BCUT2D eigenvalue weighted by molar-refractivity contribution is -0.139. The van der Waals surface area contributed by atoms with E-state index >= 15 is 0 Å². The highest BCUT2D eigenvalue weighted by molar-refractivity contribution is 6.40. The molecule has 0 saturated carbocycles. The van der Waals surface area contributed by atoms with Gasteiger partial charge in [-0.2, -0.15) is 0 Å². The zero-order valence-corrected chi connectivity index (χ0v) is 24.6. The van der Waals surface area contributed by atoms with Crippen molar-refractivity contribution in [1.29, 1.82) is 0 Å². The van der Waals surface area contributed by atoms with Crippen LogP contribution in [0.15, 0.2) is 30.3 Å². The number of halogens is 1. The van der Waals surface area contributed by atoms with E-state index in [9.17, 15) is 9.59 Å². The highest BCUT2D eigenvalue weighted by Crippen LogP contribution is 2.01. The van der Waals surface area contributed by atoms with E-state index in [-0.39, 0.29) is 13.2 Å². The molecule has 41 heavy (non-hydrogen) atoms. The summed E-state index contributed by atoms with van der Waals surface area (Å²) in [7, 11) is 0. The molecule has 0 radical (unpaired) electrons. The number of esters is 1. The fourth-order valence-corrected chi connectivity index (χ4v) is 2.99. The zero-order chi connectivity index (χ0) is 29.5. The standard InChI is InChI=1S/C28H45ClO12/c29-6-7-32-8-9-33-10-11-34-12-13-35-14-15-36-16-17-37-18-19-38-20-21-39-22-23-40-24-25-41-28(31)27(30)26-4-2-1-3-5-26/h1-5H,6-25H2. The summed E-state index contributed by atoms with van der Waals surface area (Å²) in [6.07, 6.45) is 0. The number of Topliss-reactive ketones (excluding diaryl/α,β-unsaturated/α-hetero) is 1. The van der Waals surface area contributed by atoms with E-state index in [0.717, 1.165) is 0 Å². The molecule has 0 amide bonds. The topological polar surface area (TPSA) is 126 Å². The van der Waals surface area contributed by atoms with Crippen LogP contribution in [-0.2, 0) is 52.2 Å². The fourth-order valence-electron chi connectivity index (χ4n) is 2.88. The predicted molar refractivity (Wildman–Crippen MR) is 150 cm³/mol. The van der Waals surface area contributed by atoms with Gasteiger partial charge >= 0.3 is 5.97 Å². The molecule has 0 spiro atoms. The number of ether oxygens (including phenoxy) is 10. The van der Waals surface area contributed by atoms with Crippen molar-refractivity contribution in [3.63, 3.8) is 0 Å². The summed E-state index contributed by atoms with van der Waals surface area (Å²) >= 11 is 5.50. The quantitative estimate of drug-likeness (QED) is 0.0401. The number of ketones is 1. The molecule has 236 valence electrons. The van der Waals surface area contributed by atoms with Gasteiger partial charge in [0.05, 0.1) is 119 Å². The maximum absolute atomic E-state index is 11.9. The van der Waals surface area contributed by atoms with E-state index in [1.807, 2.05) is 0 Å². The van der Waals surface area contributed by atoms with E-state index in [0.29, 0.717) is 124 Å². The van der Waals surface area contributed by atoms with Crippen LogP contribution in [0.2, 0.25) is 0 Å². The molecule has 13 heteroatoms. The summed E-state index contributed by atoms with van der Waals surface area (Å²) in [5, 5.41) is 0. The van der Waals surface area contributed by atoms with E-state index in [1.165, 1.54) is 0 Å². The molecule has 0 N–H and O–H groups in total. The van der Waals surface area contributed by atoms with Gasteiger partial charge in [0.2, 0.25) is 0 Å². The molecule has 0 atom stereocenters. The van der Waals surface area contributed by atoms with Crippen LogP contribution >= 0.6 is 11.6 Å². The molecule has 0 bridgehead atoms. The molecular formula is C28H45ClO12. The van der Waals surface area contributed by atoms with E-state index in [4.69, 9.17) is 59.0 Å². The molecule has 0 aromatic heterocycles. The first-order valence-electron chi connectivity index (χ1n) is 13.8. The Bertz CT molecular complexity index is 725. The lowest BCUT2D eigenvalue weighted by Crippen LogP contribution is -2.20. The first-order valence-corrected chi connectivity index (χ1v) is 14.3. The highest BCUT2D eigenvalue weighted by atomic mass is 35.5. The van der Waals surface area contributed by atoms with Crippen LogP contribution in [-0.4, -0.2) is 143 Å². The van der Waals surface area contributed by atoms with Gasteiger partial charge in [0.1, 0.15) is 6.61 Å². The minimum atomic E-state index is -0.896. The number of rotatable bonds is 31. The SMILES string of the molecule is O=C(OCCOCCOCCOCCOCCOCCOCCOCCOCCOCCCl)C(=O)c1ccccc1. The van der Waals surface area contributed by atoms with E-state index in [2.05, 4.69) is 0 Å². The first kappa shape index (κ1) is 37.3. The van der Waals surface area contributed by atoms with Crippen LogP contribution in [0.1, 0.15) is 10.4 Å². The van der Waals surface area contributed by atoms with Gasteiger partial charge < -0.3 is 47.4 Å². The average Bonchev–Trinajstić information content (AvgIpc) is 3.00. The first-order chi connectivity index (χ1) is 20.3. The van der Waals surface area contributed by atoms with Gasteiger partial charge in [-0.1, -0.05) is 30.3 Å². The molecule has 1 aromatic carbocycles. The lowest BCUT2D eigenvalue weighted by Gasteiger charge is -2.09. The van der Waals surface area contributed by atoms with Crippen molar-refractivity contribution >= 4 is 23.4 Å². The number of hydrogen-bond acceptors (Lipinski definition) is 12. The molecule has 1 aromatic rings. The third-order valence-corrected chi connectivity index (χ3v) is 5.03. The largest absolute Gasteiger partial charge is 0.457 e. The Hall–Kier alpha value is -1.71. The van der Waals surface area contributed by atoms with Gasteiger partial charge in [0.15, 0.2) is 0 Å². The van der Waals surface area contributed by atoms with Crippen molar-refractivity contribution < 1.29 is 57.0 Å². The second-order valence-electron chi connectivity index (χ2n) is 8.03. The van der Waals surface area contributed by atoms with Crippen molar-refractivity contribution in [3.8, 4) is 0 Å². The fraction of sp³-hybridized carbons (Fsp3) is 0.714. The molecule has 0 heterocycles. The van der Waals surface area contributed by atoms with Crippen molar-refractivity contribution in [3.05, 3.63) is 35.9 Å². The van der Waals surface area contributed by atoms with Gasteiger partial charge in [-0.25, -0.2) is 4.79 Å². The van der Waals surface area contributed by atoms with Crippen molar-refractivity contribution in [2.75, 3.05) is 131 Å². The second kappa shape index (κ2) is 29.8. The normalized spacial score (nSPS) is 11.1. The van der Waals surface area contributed by atoms with Crippen LogP contribution in [0, 0.1) is 0 Å². The summed E-state index contributed by atoms with van der Waals surface area (Å²) in [5.74, 6) is -1.08. The van der Waals surface area contributed by atoms with Gasteiger partial charge in [-0.05, 0) is 0 Å². The van der Waals surface area contributed by atoms with Crippen molar-refractivity contribution in [2.45, 2.75) is 0 Å². The Morgan fingerprint density at radius 3 is 1.05 bits per heavy atom. The number of carbonyl (C=O) groups excluding carboxylic acids is 2. The smallest absolute Gasteiger partial charge is 0.379 e. The Kier molecular flexibility index (Phi) is 27.1. The Balaban J connectivity index is 1.69. The molecule has 1 rings (SSSR count). The monoisotopic (exact) mass is 608 g/mol.